The molecule has 0 aromatic carbocycles. The number of hydrogen-bond acceptors (Lipinski definition) is 3. The van der Waals surface area contributed by atoms with Crippen LogP contribution in [0.2, 0.25) is 0 Å². The first-order chi connectivity index (χ1) is 7.47. The van der Waals surface area contributed by atoms with Crippen molar-refractivity contribution in [1.29, 1.82) is 0 Å². The molecule has 102 valence electrons. The number of hydrogen-bond donors (Lipinski definition) is 2. The molecule has 0 radical (unpaired) electrons. The third kappa shape index (κ3) is 8.27. The Labute approximate surface area is 110 Å². The fourth-order valence-corrected chi connectivity index (χ4v) is 1.86. The number of carbonyl (C=O) groups excluding carboxylic acids is 1. The topological polar surface area (TPSA) is 50.4 Å². The molecular formula is C12H25ClN2O2. The lowest BCUT2D eigenvalue weighted by atomic mass is 9.95. The lowest BCUT2D eigenvalue weighted by Gasteiger charge is -2.23. The summed E-state index contributed by atoms with van der Waals surface area (Å²) in [5.74, 6) is 0.746. The molecule has 1 amide bonds. The van der Waals surface area contributed by atoms with E-state index in [-0.39, 0.29) is 18.5 Å². The van der Waals surface area contributed by atoms with Crippen molar-refractivity contribution in [3.05, 3.63) is 0 Å². The predicted octanol–water partition coefficient (Wildman–Crippen LogP) is 2.32. The van der Waals surface area contributed by atoms with Gasteiger partial charge in [0.1, 0.15) is 5.60 Å². The Morgan fingerprint density at radius 2 is 1.94 bits per heavy atom. The molecule has 1 rings (SSSR count). The summed E-state index contributed by atoms with van der Waals surface area (Å²) >= 11 is 0. The number of piperidine rings is 1. The van der Waals surface area contributed by atoms with Gasteiger partial charge in [0.15, 0.2) is 0 Å². The van der Waals surface area contributed by atoms with Crippen LogP contribution in [0.5, 0.6) is 0 Å². The van der Waals surface area contributed by atoms with Gasteiger partial charge in [-0.15, -0.1) is 12.4 Å². The second kappa shape index (κ2) is 7.77. The number of rotatable bonds is 3. The molecule has 0 bridgehead atoms. The Kier molecular flexibility index (Phi) is 7.55. The smallest absolute Gasteiger partial charge is 0.407 e. The van der Waals surface area contributed by atoms with Crippen molar-refractivity contribution in [3.63, 3.8) is 0 Å². The van der Waals surface area contributed by atoms with Crippen LogP contribution >= 0.6 is 12.4 Å². The Bertz CT molecular complexity index is 223. The van der Waals surface area contributed by atoms with Crippen LogP contribution in [-0.4, -0.2) is 31.3 Å². The average molecular weight is 265 g/mol. The molecule has 0 atom stereocenters. The van der Waals surface area contributed by atoms with E-state index in [1.807, 2.05) is 20.8 Å². The highest BCUT2D eigenvalue weighted by molar-refractivity contribution is 5.85. The lowest BCUT2D eigenvalue weighted by Crippen LogP contribution is -2.35. The molecule has 1 aliphatic heterocycles. The molecule has 17 heavy (non-hydrogen) atoms. The molecule has 4 nitrogen and oxygen atoms in total. The second-order valence-electron chi connectivity index (χ2n) is 5.41. The standard InChI is InChI=1S/C12H24N2O2.ClH/c1-12(2,3)16-11(15)14-9-6-10-4-7-13-8-5-10;/h10,13H,4-9H2,1-3H3,(H,14,15);1H. The molecule has 0 aromatic heterocycles. The number of ether oxygens (including phenoxy) is 1. The first-order valence-electron chi connectivity index (χ1n) is 6.15. The minimum Gasteiger partial charge on any atom is -0.444 e. The van der Waals surface area contributed by atoms with Crippen LogP contribution in [0.1, 0.15) is 40.0 Å². The van der Waals surface area contributed by atoms with E-state index in [0.29, 0.717) is 0 Å². The molecule has 0 saturated carbocycles. The Morgan fingerprint density at radius 3 is 2.47 bits per heavy atom. The summed E-state index contributed by atoms with van der Waals surface area (Å²) in [4.78, 5) is 11.4. The zero-order valence-corrected chi connectivity index (χ0v) is 11.9. The monoisotopic (exact) mass is 264 g/mol. The van der Waals surface area contributed by atoms with Gasteiger partial charge < -0.3 is 15.4 Å². The van der Waals surface area contributed by atoms with Crippen LogP contribution in [0, 0.1) is 5.92 Å². The molecule has 0 aliphatic carbocycles. The molecular weight excluding hydrogens is 240 g/mol. The summed E-state index contributed by atoms with van der Waals surface area (Å²) in [6.07, 6.45) is 3.19. The zero-order valence-electron chi connectivity index (χ0n) is 11.0. The van der Waals surface area contributed by atoms with Gasteiger partial charge in [-0.05, 0) is 59.0 Å². The maximum atomic E-state index is 11.4. The van der Waals surface area contributed by atoms with Crippen molar-refractivity contribution in [2.75, 3.05) is 19.6 Å². The van der Waals surface area contributed by atoms with Gasteiger partial charge in [-0.25, -0.2) is 4.79 Å². The van der Waals surface area contributed by atoms with Gasteiger partial charge >= 0.3 is 6.09 Å². The largest absolute Gasteiger partial charge is 0.444 e. The summed E-state index contributed by atoms with van der Waals surface area (Å²) in [5, 5.41) is 6.14. The van der Waals surface area contributed by atoms with Gasteiger partial charge in [0.25, 0.3) is 0 Å². The molecule has 1 aliphatic rings. The fraction of sp³-hybridized carbons (Fsp3) is 0.917. The van der Waals surface area contributed by atoms with Crippen molar-refractivity contribution in [2.45, 2.75) is 45.6 Å². The van der Waals surface area contributed by atoms with Gasteiger partial charge in [-0.2, -0.15) is 0 Å². The van der Waals surface area contributed by atoms with E-state index in [2.05, 4.69) is 10.6 Å². The van der Waals surface area contributed by atoms with Crippen LogP contribution in [0.15, 0.2) is 0 Å². The highest BCUT2D eigenvalue weighted by atomic mass is 35.5. The molecule has 1 saturated heterocycles. The first kappa shape index (κ1) is 16.5. The number of nitrogens with one attached hydrogen (secondary N) is 2. The maximum absolute atomic E-state index is 11.4. The highest BCUT2D eigenvalue weighted by Gasteiger charge is 2.17. The van der Waals surface area contributed by atoms with Gasteiger partial charge in [0.05, 0.1) is 0 Å². The normalized spacial score (nSPS) is 17.1. The Hall–Kier alpha value is -0.480. The summed E-state index contributed by atoms with van der Waals surface area (Å²) in [6, 6.07) is 0. The van der Waals surface area contributed by atoms with Crippen molar-refractivity contribution >= 4 is 18.5 Å². The summed E-state index contributed by atoms with van der Waals surface area (Å²) < 4.78 is 5.16. The lowest BCUT2D eigenvalue weighted by molar-refractivity contribution is 0.0524. The number of carbonyl (C=O) groups is 1. The van der Waals surface area contributed by atoms with Gasteiger partial charge in [-0.1, -0.05) is 0 Å². The third-order valence-electron chi connectivity index (χ3n) is 2.68. The SMILES string of the molecule is CC(C)(C)OC(=O)NCCC1CCNCC1.Cl. The second-order valence-corrected chi connectivity index (χ2v) is 5.41. The average Bonchev–Trinajstić information content (AvgIpc) is 2.16. The molecule has 0 spiro atoms. The maximum Gasteiger partial charge on any atom is 0.407 e. The molecule has 5 heteroatoms. The van der Waals surface area contributed by atoms with Gasteiger partial charge in [0, 0.05) is 6.54 Å². The van der Waals surface area contributed by atoms with E-state index in [0.717, 1.165) is 32.0 Å². The Balaban J connectivity index is 0.00000256. The number of amides is 1. The van der Waals surface area contributed by atoms with Crippen molar-refractivity contribution in [1.82, 2.24) is 10.6 Å². The van der Waals surface area contributed by atoms with Crippen LogP contribution in [-0.2, 0) is 4.74 Å². The molecule has 1 fully saturated rings. The molecule has 0 aromatic rings. The molecule has 0 unspecified atom stereocenters. The van der Waals surface area contributed by atoms with Crippen LogP contribution in [0.25, 0.3) is 0 Å². The number of halogens is 1. The van der Waals surface area contributed by atoms with Crippen molar-refractivity contribution in [3.8, 4) is 0 Å². The quantitative estimate of drug-likeness (QED) is 0.823. The predicted molar refractivity (Wildman–Crippen MR) is 71.7 cm³/mol. The summed E-state index contributed by atoms with van der Waals surface area (Å²) in [6.45, 7) is 8.56. The van der Waals surface area contributed by atoms with Crippen LogP contribution < -0.4 is 10.6 Å². The summed E-state index contributed by atoms with van der Waals surface area (Å²) in [5.41, 5.74) is -0.404. The van der Waals surface area contributed by atoms with E-state index >= 15 is 0 Å². The first-order valence-corrected chi connectivity index (χ1v) is 6.15. The molecule has 2 N–H and O–H groups in total. The fourth-order valence-electron chi connectivity index (χ4n) is 1.86. The van der Waals surface area contributed by atoms with Crippen molar-refractivity contribution < 1.29 is 9.53 Å². The number of alkyl carbamates (subject to hydrolysis) is 1. The van der Waals surface area contributed by atoms with E-state index in [1.54, 1.807) is 0 Å². The van der Waals surface area contributed by atoms with Gasteiger partial charge in [-0.3, -0.25) is 0 Å². The van der Waals surface area contributed by atoms with E-state index in [4.69, 9.17) is 4.74 Å². The Morgan fingerprint density at radius 1 is 1.35 bits per heavy atom. The van der Waals surface area contributed by atoms with E-state index in [1.165, 1.54) is 12.8 Å². The van der Waals surface area contributed by atoms with Crippen molar-refractivity contribution in [2.24, 2.45) is 5.92 Å². The van der Waals surface area contributed by atoms with Gasteiger partial charge in [0.2, 0.25) is 0 Å². The third-order valence-corrected chi connectivity index (χ3v) is 2.68. The minimum atomic E-state index is -0.404. The minimum absolute atomic E-state index is 0. The van der Waals surface area contributed by atoms with E-state index in [9.17, 15) is 4.79 Å². The van der Waals surface area contributed by atoms with E-state index < -0.39 is 5.60 Å². The zero-order chi connectivity index (χ0) is 12.0. The highest BCUT2D eigenvalue weighted by Crippen LogP contribution is 2.14. The summed E-state index contributed by atoms with van der Waals surface area (Å²) in [7, 11) is 0. The van der Waals surface area contributed by atoms with Crippen LogP contribution in [0.3, 0.4) is 0 Å². The molecule has 1 heterocycles. The van der Waals surface area contributed by atoms with Crippen LogP contribution in [0.4, 0.5) is 4.79 Å².